The van der Waals surface area contributed by atoms with Gasteiger partial charge in [0.1, 0.15) is 17.3 Å². The molecule has 10 nitrogen and oxygen atoms in total. The van der Waals surface area contributed by atoms with Crippen LogP contribution in [0.25, 0.3) is 21.3 Å². The molecule has 230 valence electrons. The van der Waals surface area contributed by atoms with Gasteiger partial charge in [-0.2, -0.15) is 17.9 Å². The molecule has 1 saturated heterocycles. The molecule has 0 saturated carbocycles. The van der Waals surface area contributed by atoms with Crippen molar-refractivity contribution in [3.05, 3.63) is 34.8 Å². The fraction of sp³-hybridized carbons (Fsp3) is 0.500. The molecule has 0 spiro atoms. The molecule has 0 unspecified atom stereocenters. The highest BCUT2D eigenvalue weighted by Crippen LogP contribution is 2.41. The molecule has 1 amide bonds. The average molecular weight is 658 g/mol. The van der Waals surface area contributed by atoms with Crippen molar-refractivity contribution in [2.75, 3.05) is 13.1 Å². The lowest BCUT2D eigenvalue weighted by molar-refractivity contribution is -0.151. The number of likely N-dealkylation sites (tertiary alicyclic amines) is 1. The van der Waals surface area contributed by atoms with Crippen molar-refractivity contribution in [3.8, 4) is 21.3 Å². The first-order valence-corrected chi connectivity index (χ1v) is 15.1. The molecule has 18 heteroatoms. The smallest absolute Gasteiger partial charge is 0.404 e. The van der Waals surface area contributed by atoms with Crippen LogP contribution in [0.15, 0.2) is 27.5 Å². The topological polar surface area (TPSA) is 139 Å². The number of aromatic nitrogens is 3. The Kier molecular flexibility index (Phi) is 8.74. The third kappa shape index (κ3) is 6.90. The normalized spacial score (nSPS) is 17.0. The first-order valence-electron chi connectivity index (χ1n) is 12.5. The Hall–Kier alpha value is -2.73. The van der Waals surface area contributed by atoms with E-state index in [1.165, 1.54) is 31.7 Å². The number of alkyl halides is 5. The van der Waals surface area contributed by atoms with Crippen molar-refractivity contribution in [2.24, 2.45) is 0 Å². The number of hydrogen-bond donors (Lipinski definition) is 2. The maximum atomic E-state index is 13.7. The number of piperidine rings is 1. The van der Waals surface area contributed by atoms with Crippen molar-refractivity contribution in [2.45, 2.75) is 68.7 Å². The second-order valence-corrected chi connectivity index (χ2v) is 13.2. The molecule has 2 aromatic heterocycles. The van der Waals surface area contributed by atoms with Crippen molar-refractivity contribution in [3.63, 3.8) is 0 Å². The number of carbonyl (C=O) groups is 1. The molecular weight excluding hydrogens is 633 g/mol. The maximum absolute atomic E-state index is 13.7. The van der Waals surface area contributed by atoms with Crippen LogP contribution in [0.3, 0.4) is 0 Å². The maximum Gasteiger partial charge on any atom is 0.404 e. The van der Waals surface area contributed by atoms with Crippen LogP contribution in [0, 0.1) is 0 Å². The molecular formula is C24H25ClF5N5O5S2. The largest absolute Gasteiger partial charge is 0.415 e. The molecule has 42 heavy (non-hydrogen) atoms. The highest BCUT2D eigenvalue weighted by Gasteiger charge is 2.41. The number of aliphatic hydroxyl groups is 1. The van der Waals surface area contributed by atoms with Gasteiger partial charge in [0.2, 0.25) is 15.9 Å². The first-order chi connectivity index (χ1) is 19.3. The lowest BCUT2D eigenvalue weighted by Crippen LogP contribution is -2.44. The average Bonchev–Trinajstić information content (AvgIpc) is 3.54. The zero-order valence-corrected chi connectivity index (χ0v) is 24.7. The van der Waals surface area contributed by atoms with E-state index >= 15 is 0 Å². The molecule has 0 radical (unpaired) electrons. The summed E-state index contributed by atoms with van der Waals surface area (Å²) in [6.45, 7) is 3.47. The van der Waals surface area contributed by atoms with E-state index in [1.807, 2.05) is 0 Å². The van der Waals surface area contributed by atoms with Gasteiger partial charge >= 0.3 is 6.18 Å². The zero-order valence-electron chi connectivity index (χ0n) is 22.3. The van der Waals surface area contributed by atoms with E-state index in [0.29, 0.717) is 0 Å². The highest BCUT2D eigenvalue weighted by atomic mass is 35.5. The predicted octanol–water partition coefficient (Wildman–Crippen LogP) is 5.23. The van der Waals surface area contributed by atoms with Gasteiger partial charge in [-0.05, 0) is 32.4 Å². The number of nitrogens with zero attached hydrogens (tertiary/aromatic N) is 4. The summed E-state index contributed by atoms with van der Waals surface area (Å²) in [5.41, 5.74) is -1.62. The number of amides is 1. The Morgan fingerprint density at radius 1 is 1.24 bits per heavy atom. The van der Waals surface area contributed by atoms with Crippen LogP contribution in [0.2, 0.25) is 5.02 Å². The second-order valence-electron chi connectivity index (χ2n) is 10.1. The van der Waals surface area contributed by atoms with Gasteiger partial charge in [-0.1, -0.05) is 24.6 Å². The van der Waals surface area contributed by atoms with E-state index in [0.717, 1.165) is 23.5 Å². The number of benzene rings is 1. The number of nitrogens with one attached hydrogen (secondary N) is 1. The summed E-state index contributed by atoms with van der Waals surface area (Å²) < 4.78 is 99.6. The van der Waals surface area contributed by atoms with E-state index in [1.54, 1.807) is 4.72 Å². The number of rotatable bonds is 8. The van der Waals surface area contributed by atoms with Crippen LogP contribution in [0.4, 0.5) is 22.0 Å². The Balaban J connectivity index is 1.75. The fourth-order valence-corrected chi connectivity index (χ4v) is 6.71. The molecule has 1 aromatic carbocycles. The quantitative estimate of drug-likeness (QED) is 0.314. The summed E-state index contributed by atoms with van der Waals surface area (Å²) in [6.07, 6.45) is -6.48. The minimum absolute atomic E-state index is 0.0177. The Morgan fingerprint density at radius 2 is 1.88 bits per heavy atom. The molecule has 1 fully saturated rings. The van der Waals surface area contributed by atoms with Gasteiger partial charge in [0, 0.05) is 31.5 Å². The second kappa shape index (κ2) is 11.4. The molecule has 1 aliphatic heterocycles. The summed E-state index contributed by atoms with van der Waals surface area (Å²) in [7, 11) is -4.65. The molecule has 2 N–H and O–H groups in total. The molecule has 0 aliphatic carbocycles. The Bertz CT molecular complexity index is 1580. The SMILES string of the molecule is CC[C@H](NS(=O)(=O)c1ccc(-c2sc(-c3nnc(C(C)(C)O)o3)nc2C(=O)N2CCC(F)(F)CC2)c(Cl)c1)C(F)(F)F. The third-order valence-electron chi connectivity index (χ3n) is 6.34. The van der Waals surface area contributed by atoms with Crippen LogP contribution in [0.5, 0.6) is 0 Å². The van der Waals surface area contributed by atoms with E-state index in [2.05, 4.69) is 15.2 Å². The van der Waals surface area contributed by atoms with Gasteiger partial charge in [-0.25, -0.2) is 22.2 Å². The number of halogens is 6. The van der Waals surface area contributed by atoms with Crippen molar-refractivity contribution < 1.29 is 44.7 Å². The number of carbonyl (C=O) groups excluding carboxylic acids is 1. The summed E-state index contributed by atoms with van der Waals surface area (Å²) in [5, 5.41) is 17.6. The molecule has 1 atom stereocenters. The van der Waals surface area contributed by atoms with Crippen molar-refractivity contribution in [1.82, 2.24) is 24.8 Å². The third-order valence-corrected chi connectivity index (χ3v) is 9.20. The Morgan fingerprint density at radius 3 is 2.40 bits per heavy atom. The summed E-state index contributed by atoms with van der Waals surface area (Å²) in [6, 6.07) is 0.811. The van der Waals surface area contributed by atoms with Crippen molar-refractivity contribution >= 4 is 38.9 Å². The number of sulfonamides is 1. The monoisotopic (exact) mass is 657 g/mol. The van der Waals surface area contributed by atoms with E-state index in [4.69, 9.17) is 16.0 Å². The minimum Gasteiger partial charge on any atom is -0.415 e. The van der Waals surface area contributed by atoms with Crippen LogP contribution in [0.1, 0.15) is 56.4 Å². The van der Waals surface area contributed by atoms with Crippen LogP contribution >= 0.6 is 22.9 Å². The van der Waals surface area contributed by atoms with E-state index in [9.17, 15) is 40.3 Å². The van der Waals surface area contributed by atoms with E-state index < -0.39 is 63.8 Å². The highest BCUT2D eigenvalue weighted by molar-refractivity contribution is 7.89. The number of hydrogen-bond acceptors (Lipinski definition) is 9. The fourth-order valence-electron chi connectivity index (χ4n) is 3.97. The van der Waals surface area contributed by atoms with Gasteiger partial charge in [0.15, 0.2) is 5.01 Å². The zero-order chi connectivity index (χ0) is 31.3. The molecule has 0 bridgehead atoms. The van der Waals surface area contributed by atoms with Gasteiger partial charge in [0.05, 0.1) is 14.8 Å². The van der Waals surface area contributed by atoms with Crippen LogP contribution in [-0.4, -0.2) is 70.7 Å². The lowest BCUT2D eigenvalue weighted by atomic mass is 10.1. The van der Waals surface area contributed by atoms with Crippen LogP contribution < -0.4 is 4.72 Å². The summed E-state index contributed by atoms with van der Waals surface area (Å²) in [5.74, 6) is -3.95. The van der Waals surface area contributed by atoms with Gasteiger partial charge in [-0.3, -0.25) is 4.79 Å². The summed E-state index contributed by atoms with van der Waals surface area (Å²) >= 11 is 7.25. The molecule has 3 heterocycles. The van der Waals surface area contributed by atoms with Gasteiger partial charge in [-0.15, -0.1) is 21.5 Å². The van der Waals surface area contributed by atoms with Crippen molar-refractivity contribution in [1.29, 1.82) is 0 Å². The first kappa shape index (κ1) is 32.2. The van der Waals surface area contributed by atoms with Crippen LogP contribution in [-0.2, 0) is 15.6 Å². The summed E-state index contributed by atoms with van der Waals surface area (Å²) in [4.78, 5) is 18.5. The standard InChI is InChI=1S/C24H25ClF5N5O5S2/c1-4-15(24(28,29)30)34-42(38,39)12-5-6-13(14(25)11-12)17-16(20(36)35-9-7-23(26,27)8-10-35)31-19(41-17)18-32-33-21(40-18)22(2,3)37/h5-6,11,15,34,37H,4,7-10H2,1-3H3/t15-/m0/s1. The van der Waals surface area contributed by atoms with Gasteiger partial charge < -0.3 is 14.4 Å². The predicted molar refractivity (Wildman–Crippen MR) is 142 cm³/mol. The Labute approximate surface area is 246 Å². The van der Waals surface area contributed by atoms with Gasteiger partial charge in [0.25, 0.3) is 17.7 Å². The molecule has 3 aromatic rings. The lowest BCUT2D eigenvalue weighted by Gasteiger charge is -2.31. The molecule has 4 rings (SSSR count). The van der Waals surface area contributed by atoms with E-state index in [-0.39, 0.29) is 51.0 Å². The minimum atomic E-state index is -4.82. The molecule has 1 aliphatic rings. The number of thiazole rings is 1.